The number of nitrogens with zero attached hydrogens (tertiary/aromatic N) is 3. The number of piperazine rings is 1. The van der Waals surface area contributed by atoms with Crippen LogP contribution in [0.3, 0.4) is 0 Å². The monoisotopic (exact) mass is 381 g/mol. The molecule has 3 N–H and O–H groups in total. The van der Waals surface area contributed by atoms with Gasteiger partial charge in [-0.15, -0.1) is 24.8 Å². The summed E-state index contributed by atoms with van der Waals surface area (Å²) in [5, 5.41) is 2.90. The van der Waals surface area contributed by atoms with Crippen LogP contribution in [0.25, 0.3) is 0 Å². The van der Waals surface area contributed by atoms with Gasteiger partial charge in [0.05, 0.1) is 30.8 Å². The number of rotatable bonds is 5. The van der Waals surface area contributed by atoms with Crippen LogP contribution in [-0.2, 0) is 4.79 Å². The number of amides is 1. The number of hydrogen-bond donors (Lipinski definition) is 2. The Morgan fingerprint density at radius 3 is 2.58 bits per heavy atom. The summed E-state index contributed by atoms with van der Waals surface area (Å²) in [5.74, 6) is 0.800. The zero-order chi connectivity index (χ0) is 16.2. The van der Waals surface area contributed by atoms with E-state index in [1.807, 2.05) is 13.8 Å². The van der Waals surface area contributed by atoms with Crippen LogP contribution >= 0.6 is 24.8 Å². The molecule has 7 nitrogen and oxygen atoms in total. The molecule has 2 heterocycles. The fourth-order valence-electron chi connectivity index (χ4n) is 2.16. The van der Waals surface area contributed by atoms with Crippen molar-refractivity contribution < 1.29 is 13.9 Å². The van der Waals surface area contributed by atoms with E-state index in [0.29, 0.717) is 30.1 Å². The van der Waals surface area contributed by atoms with Crippen LogP contribution in [0.5, 0.6) is 5.75 Å². The van der Waals surface area contributed by atoms with E-state index in [0.717, 1.165) is 0 Å². The summed E-state index contributed by atoms with van der Waals surface area (Å²) in [6.45, 7) is 4.84. The quantitative estimate of drug-likeness (QED) is 0.796. The number of aromatic nitrogens is 2. The lowest BCUT2D eigenvalue weighted by Crippen LogP contribution is -2.60. The second-order valence-corrected chi connectivity index (χ2v) is 5.77. The second-order valence-electron chi connectivity index (χ2n) is 5.77. The van der Waals surface area contributed by atoms with Crippen molar-refractivity contribution in [1.29, 1.82) is 0 Å². The number of nitrogens with one attached hydrogen (secondary N) is 1. The largest absolute Gasteiger partial charge is 0.486 e. The Kier molecular flexibility index (Phi) is 8.95. The van der Waals surface area contributed by atoms with Gasteiger partial charge < -0.3 is 20.7 Å². The van der Waals surface area contributed by atoms with E-state index in [4.69, 9.17) is 10.5 Å². The first-order valence-corrected chi connectivity index (χ1v) is 6.92. The van der Waals surface area contributed by atoms with Crippen LogP contribution in [0.15, 0.2) is 24.3 Å². The Morgan fingerprint density at radius 1 is 1.46 bits per heavy atom. The summed E-state index contributed by atoms with van der Waals surface area (Å²) in [5.41, 5.74) is 5.35. The highest BCUT2D eigenvalue weighted by Gasteiger charge is 2.31. The van der Waals surface area contributed by atoms with Crippen LogP contribution in [0.1, 0.15) is 13.8 Å². The summed E-state index contributed by atoms with van der Waals surface area (Å²) >= 11 is 0. The topological polar surface area (TPSA) is 93.4 Å². The number of halogens is 3. The smallest absolute Gasteiger partial charge is 0.240 e. The van der Waals surface area contributed by atoms with E-state index in [9.17, 15) is 9.18 Å². The Balaban J connectivity index is 0.00000264. The molecule has 1 amide bonds. The lowest BCUT2D eigenvalue weighted by molar-refractivity contribution is -0.122. The Hall–Kier alpha value is -1.64. The van der Waals surface area contributed by atoms with Crippen LogP contribution in [0.4, 0.5) is 10.3 Å². The summed E-state index contributed by atoms with van der Waals surface area (Å²) in [6, 6.07) is 0. The summed E-state index contributed by atoms with van der Waals surface area (Å²) < 4.78 is 17.7. The van der Waals surface area contributed by atoms with Crippen molar-refractivity contribution in [3.05, 3.63) is 24.3 Å². The second kappa shape index (κ2) is 9.61. The third-order valence-electron chi connectivity index (χ3n) is 3.14. The number of nitrogens with two attached hydrogens (primary N) is 1. The molecule has 0 atom stereocenters. The standard InChI is InChI=1S/C14H20FN5O2.2ClH/c1-14(2)9-20(7-12(21)19-14)13-17-5-11(6-18-13)22-8-10(3-15)4-16;;/h3,5-6H,4,7-9,16H2,1-2H3,(H,19,21);2*1H/b10-3+;;. The van der Waals surface area contributed by atoms with Gasteiger partial charge in [-0.1, -0.05) is 0 Å². The van der Waals surface area contributed by atoms with E-state index in [1.165, 1.54) is 12.4 Å². The van der Waals surface area contributed by atoms with Crippen molar-refractivity contribution in [2.45, 2.75) is 19.4 Å². The highest BCUT2D eigenvalue weighted by molar-refractivity contribution is 5.85. The van der Waals surface area contributed by atoms with Gasteiger partial charge >= 0.3 is 0 Å². The number of carbonyl (C=O) groups is 1. The molecule has 1 aromatic heterocycles. The minimum absolute atomic E-state index is 0. The van der Waals surface area contributed by atoms with Crippen molar-refractivity contribution in [2.24, 2.45) is 5.73 Å². The average molecular weight is 382 g/mol. The molecule has 0 aliphatic carbocycles. The molecular weight excluding hydrogens is 360 g/mol. The van der Waals surface area contributed by atoms with Gasteiger partial charge in [-0.2, -0.15) is 0 Å². The highest BCUT2D eigenvalue weighted by atomic mass is 35.5. The van der Waals surface area contributed by atoms with E-state index in [-0.39, 0.29) is 56.0 Å². The van der Waals surface area contributed by atoms with E-state index in [2.05, 4.69) is 15.3 Å². The molecule has 0 bridgehead atoms. The van der Waals surface area contributed by atoms with Crippen LogP contribution in [-0.4, -0.2) is 47.7 Å². The maximum absolute atomic E-state index is 12.4. The van der Waals surface area contributed by atoms with Gasteiger partial charge in [0.25, 0.3) is 0 Å². The lowest BCUT2D eigenvalue weighted by atomic mass is 10.0. The molecule has 1 saturated heterocycles. The minimum atomic E-state index is -0.337. The molecule has 0 aromatic carbocycles. The predicted octanol–water partition coefficient (Wildman–Crippen LogP) is 1.23. The predicted molar refractivity (Wildman–Crippen MR) is 94.7 cm³/mol. The fourth-order valence-corrected chi connectivity index (χ4v) is 2.16. The van der Waals surface area contributed by atoms with E-state index in [1.54, 1.807) is 4.90 Å². The first-order chi connectivity index (χ1) is 10.4. The lowest BCUT2D eigenvalue weighted by Gasteiger charge is -2.38. The summed E-state index contributed by atoms with van der Waals surface area (Å²) in [7, 11) is 0. The van der Waals surface area contributed by atoms with Crippen LogP contribution in [0.2, 0.25) is 0 Å². The van der Waals surface area contributed by atoms with Crippen molar-refractivity contribution in [2.75, 3.05) is 31.1 Å². The van der Waals surface area contributed by atoms with Gasteiger partial charge in [-0.25, -0.2) is 14.4 Å². The average Bonchev–Trinajstić information content (AvgIpc) is 2.47. The minimum Gasteiger partial charge on any atom is -0.486 e. The molecule has 0 saturated carbocycles. The molecular formula is C14H22Cl2FN5O2. The normalized spacial score (nSPS) is 16.6. The first-order valence-electron chi connectivity index (χ1n) is 6.92. The van der Waals surface area contributed by atoms with E-state index < -0.39 is 0 Å². The fraction of sp³-hybridized carbons (Fsp3) is 0.500. The Morgan fingerprint density at radius 2 is 2.08 bits per heavy atom. The molecule has 1 aliphatic rings. The molecule has 2 rings (SSSR count). The molecule has 1 fully saturated rings. The van der Waals surface area contributed by atoms with Crippen molar-refractivity contribution in [1.82, 2.24) is 15.3 Å². The van der Waals surface area contributed by atoms with Crippen molar-refractivity contribution in [3.8, 4) is 5.75 Å². The third-order valence-corrected chi connectivity index (χ3v) is 3.14. The molecule has 1 aromatic rings. The van der Waals surface area contributed by atoms with Crippen molar-refractivity contribution in [3.63, 3.8) is 0 Å². The summed E-state index contributed by atoms with van der Waals surface area (Å²) in [4.78, 5) is 21.9. The van der Waals surface area contributed by atoms with E-state index >= 15 is 0 Å². The Bertz CT molecular complexity index is 569. The molecule has 1 aliphatic heterocycles. The molecule has 0 unspecified atom stereocenters. The molecule has 136 valence electrons. The third kappa shape index (κ3) is 6.10. The zero-order valence-electron chi connectivity index (χ0n) is 13.5. The molecule has 0 spiro atoms. The maximum atomic E-state index is 12.4. The molecule has 10 heteroatoms. The van der Waals surface area contributed by atoms with Gasteiger partial charge in [0.2, 0.25) is 11.9 Å². The Labute approximate surface area is 152 Å². The number of anilines is 1. The van der Waals surface area contributed by atoms with Gasteiger partial charge in [0.1, 0.15) is 6.61 Å². The highest BCUT2D eigenvalue weighted by Crippen LogP contribution is 2.18. The van der Waals surface area contributed by atoms with Crippen LogP contribution in [0, 0.1) is 0 Å². The molecule has 24 heavy (non-hydrogen) atoms. The number of carbonyl (C=O) groups excluding carboxylic acids is 1. The first kappa shape index (κ1) is 22.4. The van der Waals surface area contributed by atoms with Gasteiger partial charge in [-0.3, -0.25) is 4.79 Å². The van der Waals surface area contributed by atoms with Crippen LogP contribution < -0.4 is 20.7 Å². The van der Waals surface area contributed by atoms with Crippen molar-refractivity contribution >= 4 is 36.7 Å². The number of ether oxygens (including phenoxy) is 1. The summed E-state index contributed by atoms with van der Waals surface area (Å²) in [6.07, 6.45) is 3.42. The zero-order valence-corrected chi connectivity index (χ0v) is 15.1. The van der Waals surface area contributed by atoms with Gasteiger partial charge in [0.15, 0.2) is 5.75 Å². The maximum Gasteiger partial charge on any atom is 0.240 e. The van der Waals surface area contributed by atoms with Gasteiger partial charge in [-0.05, 0) is 13.8 Å². The molecule has 0 radical (unpaired) electrons. The number of hydrogen-bond acceptors (Lipinski definition) is 6. The van der Waals surface area contributed by atoms with Gasteiger partial charge in [0, 0.05) is 18.7 Å². The SMILES string of the molecule is CC1(C)CN(c2ncc(OC/C(=C/F)CN)cn2)CC(=O)N1.Cl.Cl.